The zero-order valence-electron chi connectivity index (χ0n) is 18.1. The molecule has 4 rings (SSSR count). The van der Waals surface area contributed by atoms with Gasteiger partial charge in [-0.2, -0.15) is 0 Å². The van der Waals surface area contributed by atoms with Crippen molar-refractivity contribution in [3.8, 4) is 0 Å². The molecule has 31 heavy (non-hydrogen) atoms. The highest BCUT2D eigenvalue weighted by Crippen LogP contribution is 2.35. The van der Waals surface area contributed by atoms with Gasteiger partial charge in [0.2, 0.25) is 0 Å². The molecule has 3 heteroatoms. The number of hydrogen-bond acceptors (Lipinski definition) is 3. The molecular formula is C28H31NO2. The molecule has 1 unspecified atom stereocenters. The fourth-order valence-corrected chi connectivity index (χ4v) is 4.78. The predicted molar refractivity (Wildman–Crippen MR) is 125 cm³/mol. The van der Waals surface area contributed by atoms with Gasteiger partial charge in [-0.25, -0.2) is 0 Å². The first-order valence-corrected chi connectivity index (χ1v) is 11.2. The van der Waals surface area contributed by atoms with Gasteiger partial charge >= 0.3 is 0 Å². The topological polar surface area (TPSA) is 40.5 Å². The molecule has 1 aliphatic rings. The number of carbonyl (C=O) groups excluding carboxylic acids is 1. The molecule has 0 radical (unpaired) electrons. The second-order valence-electron chi connectivity index (χ2n) is 8.66. The Morgan fingerprint density at radius 3 is 1.81 bits per heavy atom. The molecule has 0 spiro atoms. The van der Waals surface area contributed by atoms with E-state index in [0.717, 1.165) is 30.6 Å². The second kappa shape index (κ2) is 10.0. The van der Waals surface area contributed by atoms with Crippen molar-refractivity contribution in [1.82, 2.24) is 4.90 Å². The number of β-amino-alcohol motifs (C(OH)–C–C–N with tert-alkyl or cyclic N) is 1. The molecule has 1 N–H and O–H groups in total. The van der Waals surface area contributed by atoms with E-state index in [2.05, 4.69) is 48.2 Å². The van der Waals surface area contributed by atoms with E-state index < -0.39 is 0 Å². The molecule has 3 nitrogen and oxygen atoms in total. The van der Waals surface area contributed by atoms with E-state index in [1.807, 2.05) is 54.6 Å². The Balaban J connectivity index is 1.66. The third kappa shape index (κ3) is 5.12. The summed E-state index contributed by atoms with van der Waals surface area (Å²) in [4.78, 5) is 16.3. The molecule has 1 heterocycles. The number of rotatable bonds is 8. The lowest BCUT2D eigenvalue weighted by atomic mass is 9.76. The minimum atomic E-state index is -0.284. The molecule has 160 valence electrons. The van der Waals surface area contributed by atoms with Crippen molar-refractivity contribution in [2.45, 2.75) is 31.3 Å². The maximum atomic E-state index is 14.0. The summed E-state index contributed by atoms with van der Waals surface area (Å²) in [6.45, 7) is 4.42. The minimum absolute atomic E-state index is 0.0777. The number of likely N-dealkylation sites (tertiary alicyclic amines) is 1. The number of ketones is 1. The van der Waals surface area contributed by atoms with Crippen molar-refractivity contribution < 1.29 is 9.90 Å². The molecule has 0 bridgehead atoms. The fourth-order valence-electron chi connectivity index (χ4n) is 4.78. The van der Waals surface area contributed by atoms with Crippen LogP contribution in [-0.2, 0) is 4.79 Å². The monoisotopic (exact) mass is 413 g/mol. The zero-order valence-corrected chi connectivity index (χ0v) is 18.1. The molecule has 1 saturated heterocycles. The SMILES string of the molecule is CC(C(=O)C(c1ccccc1)c1ccccc1)[C@H](CN1CC[C@H](O)C1)c1ccccc1. The molecule has 3 atom stereocenters. The highest BCUT2D eigenvalue weighted by atomic mass is 16.3. The average Bonchev–Trinajstić information content (AvgIpc) is 3.24. The smallest absolute Gasteiger partial charge is 0.148 e. The second-order valence-corrected chi connectivity index (χ2v) is 8.66. The van der Waals surface area contributed by atoms with Crippen LogP contribution < -0.4 is 0 Å². The maximum Gasteiger partial charge on any atom is 0.148 e. The van der Waals surface area contributed by atoms with Crippen molar-refractivity contribution >= 4 is 5.78 Å². The number of benzene rings is 3. The van der Waals surface area contributed by atoms with Crippen molar-refractivity contribution in [2.75, 3.05) is 19.6 Å². The lowest BCUT2D eigenvalue weighted by Gasteiger charge is -2.31. The molecular weight excluding hydrogens is 382 g/mol. The van der Waals surface area contributed by atoms with Crippen molar-refractivity contribution in [2.24, 2.45) is 5.92 Å². The van der Waals surface area contributed by atoms with Crippen LogP contribution in [0.25, 0.3) is 0 Å². The van der Waals surface area contributed by atoms with Crippen LogP contribution in [0.1, 0.15) is 41.9 Å². The summed E-state index contributed by atoms with van der Waals surface area (Å²) >= 11 is 0. The molecule has 0 amide bonds. The summed E-state index contributed by atoms with van der Waals surface area (Å²) in [7, 11) is 0. The van der Waals surface area contributed by atoms with Crippen LogP contribution in [0.5, 0.6) is 0 Å². The Morgan fingerprint density at radius 1 is 0.871 bits per heavy atom. The maximum absolute atomic E-state index is 14.0. The van der Waals surface area contributed by atoms with Crippen molar-refractivity contribution in [1.29, 1.82) is 0 Å². The van der Waals surface area contributed by atoms with Crippen LogP contribution in [0.2, 0.25) is 0 Å². The van der Waals surface area contributed by atoms with Crippen LogP contribution in [0.4, 0.5) is 0 Å². The first kappa shape index (κ1) is 21.5. The van der Waals surface area contributed by atoms with Gasteiger partial charge in [0.25, 0.3) is 0 Å². The molecule has 3 aromatic rings. The Kier molecular flexibility index (Phi) is 6.96. The molecule has 0 aliphatic carbocycles. The highest BCUT2D eigenvalue weighted by Gasteiger charge is 2.34. The number of aliphatic hydroxyl groups is 1. The minimum Gasteiger partial charge on any atom is -0.392 e. The van der Waals surface area contributed by atoms with E-state index in [4.69, 9.17) is 0 Å². The van der Waals surface area contributed by atoms with Gasteiger partial charge in [0.05, 0.1) is 12.0 Å². The van der Waals surface area contributed by atoms with Crippen LogP contribution in [0.15, 0.2) is 91.0 Å². The van der Waals surface area contributed by atoms with Crippen molar-refractivity contribution in [3.05, 3.63) is 108 Å². The van der Waals surface area contributed by atoms with E-state index in [1.165, 1.54) is 5.56 Å². The number of aliphatic hydroxyl groups excluding tert-OH is 1. The van der Waals surface area contributed by atoms with Gasteiger partial charge in [-0.1, -0.05) is 97.9 Å². The number of Topliss-reactive ketones (excluding diaryl/α,β-unsaturated/α-hetero) is 1. The summed E-state index contributed by atoms with van der Waals surface area (Å²) < 4.78 is 0. The summed E-state index contributed by atoms with van der Waals surface area (Å²) in [5, 5.41) is 10.0. The van der Waals surface area contributed by atoms with E-state index in [9.17, 15) is 9.90 Å². The first-order valence-electron chi connectivity index (χ1n) is 11.2. The van der Waals surface area contributed by atoms with E-state index in [0.29, 0.717) is 6.54 Å². The van der Waals surface area contributed by atoms with Gasteiger partial charge in [-0.05, 0) is 23.1 Å². The van der Waals surface area contributed by atoms with Crippen LogP contribution in [0.3, 0.4) is 0 Å². The van der Waals surface area contributed by atoms with Gasteiger partial charge < -0.3 is 10.0 Å². The summed E-state index contributed by atoms with van der Waals surface area (Å²) in [6, 6.07) is 30.6. The number of hydrogen-bond donors (Lipinski definition) is 1. The van der Waals surface area contributed by atoms with Gasteiger partial charge in [0.15, 0.2) is 0 Å². The Morgan fingerprint density at radius 2 is 1.35 bits per heavy atom. The number of carbonyl (C=O) groups is 1. The van der Waals surface area contributed by atoms with Crippen molar-refractivity contribution in [3.63, 3.8) is 0 Å². The lowest BCUT2D eigenvalue weighted by molar-refractivity contribution is -0.123. The molecule has 0 aromatic heterocycles. The third-order valence-electron chi connectivity index (χ3n) is 6.53. The van der Waals surface area contributed by atoms with Gasteiger partial charge in [-0.15, -0.1) is 0 Å². The normalized spacial score (nSPS) is 18.7. The molecule has 3 aromatic carbocycles. The summed E-state index contributed by atoms with van der Waals surface area (Å²) in [6.07, 6.45) is 0.546. The Hall–Kier alpha value is -2.75. The fraction of sp³-hybridized carbons (Fsp3) is 0.321. The standard InChI is InChI=1S/C28H31NO2/c1-21(26(22-11-5-2-6-12-22)20-29-18-17-25(30)19-29)28(31)27(23-13-7-3-8-14-23)24-15-9-4-10-16-24/h2-16,21,25-27,30H,17-20H2,1H3/t21?,25-,26-/m0/s1. The van der Waals surface area contributed by atoms with Gasteiger partial charge in [0.1, 0.15) is 5.78 Å². The van der Waals surface area contributed by atoms with Gasteiger partial charge in [0, 0.05) is 31.5 Å². The largest absolute Gasteiger partial charge is 0.392 e. The quantitative estimate of drug-likeness (QED) is 0.573. The van der Waals surface area contributed by atoms with Gasteiger partial charge in [-0.3, -0.25) is 4.79 Å². The zero-order chi connectivity index (χ0) is 21.6. The van der Waals surface area contributed by atoms with E-state index in [1.54, 1.807) is 0 Å². The molecule has 1 aliphatic heterocycles. The van der Waals surface area contributed by atoms with E-state index in [-0.39, 0.29) is 29.6 Å². The van der Waals surface area contributed by atoms with Crippen LogP contribution in [0, 0.1) is 5.92 Å². The summed E-state index contributed by atoms with van der Waals surface area (Å²) in [5.74, 6) is -0.127. The average molecular weight is 414 g/mol. The lowest BCUT2D eigenvalue weighted by Crippen LogP contribution is -2.34. The molecule has 0 saturated carbocycles. The number of nitrogens with zero attached hydrogens (tertiary/aromatic N) is 1. The summed E-state index contributed by atoms with van der Waals surface area (Å²) in [5.41, 5.74) is 3.26. The first-order chi connectivity index (χ1) is 15.1. The predicted octanol–water partition coefficient (Wildman–Crippen LogP) is 4.87. The van der Waals surface area contributed by atoms with E-state index >= 15 is 0 Å². The Labute approximate surface area is 185 Å². The van der Waals surface area contributed by atoms with Crippen LogP contribution >= 0.6 is 0 Å². The molecule has 1 fully saturated rings. The Bertz CT molecular complexity index is 919. The van der Waals surface area contributed by atoms with Crippen LogP contribution in [-0.4, -0.2) is 41.5 Å². The third-order valence-corrected chi connectivity index (χ3v) is 6.53. The highest BCUT2D eigenvalue weighted by molar-refractivity contribution is 5.91.